The van der Waals surface area contributed by atoms with Gasteiger partial charge in [0, 0.05) is 12.4 Å². The van der Waals surface area contributed by atoms with Gasteiger partial charge in [-0.15, -0.1) is 0 Å². The Morgan fingerprint density at radius 1 is 1.18 bits per heavy atom. The molecule has 0 saturated heterocycles. The molecule has 3 aromatic rings. The monoisotopic (exact) mass is 294 g/mol. The van der Waals surface area contributed by atoms with E-state index in [-0.39, 0.29) is 11.9 Å². The first-order valence-electron chi connectivity index (χ1n) is 6.76. The second kappa shape index (κ2) is 6.13. The molecule has 0 spiro atoms. The summed E-state index contributed by atoms with van der Waals surface area (Å²) in [4.78, 5) is 23.8. The van der Waals surface area contributed by atoms with E-state index in [1.54, 1.807) is 11.0 Å². The van der Waals surface area contributed by atoms with Crippen molar-refractivity contribution in [3.63, 3.8) is 0 Å². The standard InChI is InChI=1S/C15H14N6O/c1-11(20-15(22)14-8-16-6-7-18-14)12-2-4-13(5-3-12)21-10-17-9-19-21/h2-11H,1H3,(H,20,22)/t11-/m0/s1. The highest BCUT2D eigenvalue weighted by atomic mass is 16.1. The molecule has 0 aliphatic rings. The maximum absolute atomic E-state index is 12.0. The third-order valence-electron chi connectivity index (χ3n) is 3.22. The van der Waals surface area contributed by atoms with Gasteiger partial charge < -0.3 is 5.32 Å². The predicted octanol–water partition coefficient (Wildman–Crippen LogP) is 1.55. The quantitative estimate of drug-likeness (QED) is 0.789. The first-order chi connectivity index (χ1) is 10.7. The smallest absolute Gasteiger partial charge is 0.271 e. The first kappa shape index (κ1) is 13.9. The Morgan fingerprint density at radius 3 is 2.64 bits per heavy atom. The first-order valence-corrected chi connectivity index (χ1v) is 6.76. The van der Waals surface area contributed by atoms with Crippen molar-refractivity contribution < 1.29 is 4.79 Å². The zero-order valence-corrected chi connectivity index (χ0v) is 11.9. The maximum atomic E-state index is 12.0. The molecule has 1 atom stereocenters. The van der Waals surface area contributed by atoms with Gasteiger partial charge in [-0.25, -0.2) is 14.6 Å². The predicted molar refractivity (Wildman–Crippen MR) is 79.3 cm³/mol. The number of rotatable bonds is 4. The fourth-order valence-corrected chi connectivity index (χ4v) is 2.03. The van der Waals surface area contributed by atoms with Crippen LogP contribution in [0.15, 0.2) is 55.5 Å². The summed E-state index contributed by atoms with van der Waals surface area (Å²) in [6.45, 7) is 1.92. The van der Waals surface area contributed by atoms with E-state index in [1.807, 2.05) is 31.2 Å². The second-order valence-electron chi connectivity index (χ2n) is 4.72. The van der Waals surface area contributed by atoms with Crippen molar-refractivity contribution in [2.24, 2.45) is 0 Å². The van der Waals surface area contributed by atoms with E-state index in [0.717, 1.165) is 11.3 Å². The van der Waals surface area contributed by atoms with E-state index < -0.39 is 0 Å². The summed E-state index contributed by atoms with van der Waals surface area (Å²) < 4.78 is 1.67. The van der Waals surface area contributed by atoms with E-state index >= 15 is 0 Å². The molecule has 0 unspecified atom stereocenters. The van der Waals surface area contributed by atoms with Crippen LogP contribution >= 0.6 is 0 Å². The van der Waals surface area contributed by atoms with Crippen LogP contribution < -0.4 is 5.32 Å². The number of nitrogens with one attached hydrogen (secondary N) is 1. The molecule has 1 N–H and O–H groups in total. The third-order valence-corrected chi connectivity index (χ3v) is 3.22. The molecule has 7 heteroatoms. The van der Waals surface area contributed by atoms with Crippen LogP contribution in [-0.4, -0.2) is 30.6 Å². The molecule has 22 heavy (non-hydrogen) atoms. The number of hydrogen-bond donors (Lipinski definition) is 1. The van der Waals surface area contributed by atoms with Gasteiger partial charge in [0.1, 0.15) is 18.3 Å². The van der Waals surface area contributed by atoms with Crippen molar-refractivity contribution in [1.29, 1.82) is 0 Å². The van der Waals surface area contributed by atoms with E-state index in [9.17, 15) is 4.79 Å². The minimum Gasteiger partial charge on any atom is -0.344 e. The number of carbonyl (C=O) groups excluding carboxylic acids is 1. The maximum Gasteiger partial charge on any atom is 0.271 e. The molecule has 0 radical (unpaired) electrons. The van der Waals surface area contributed by atoms with Gasteiger partial charge >= 0.3 is 0 Å². The highest BCUT2D eigenvalue weighted by Crippen LogP contribution is 2.15. The van der Waals surface area contributed by atoms with Crippen LogP contribution in [0, 0.1) is 0 Å². The number of carbonyl (C=O) groups is 1. The van der Waals surface area contributed by atoms with Gasteiger partial charge in [0.2, 0.25) is 0 Å². The molecule has 1 amide bonds. The van der Waals surface area contributed by atoms with Gasteiger partial charge in [0.25, 0.3) is 5.91 Å². The van der Waals surface area contributed by atoms with Crippen molar-refractivity contribution in [3.05, 3.63) is 66.8 Å². The van der Waals surface area contributed by atoms with Gasteiger partial charge in [0.05, 0.1) is 17.9 Å². The average molecular weight is 294 g/mol. The van der Waals surface area contributed by atoms with E-state index in [0.29, 0.717) is 5.69 Å². The highest BCUT2D eigenvalue weighted by Gasteiger charge is 2.12. The molecule has 2 heterocycles. The highest BCUT2D eigenvalue weighted by molar-refractivity contribution is 5.92. The molecule has 0 fully saturated rings. The van der Waals surface area contributed by atoms with Crippen LogP contribution in [0.1, 0.15) is 29.0 Å². The minimum atomic E-state index is -0.249. The molecule has 0 aliphatic carbocycles. The summed E-state index contributed by atoms with van der Waals surface area (Å²) in [6.07, 6.45) is 7.58. The topological polar surface area (TPSA) is 85.6 Å². The lowest BCUT2D eigenvalue weighted by Gasteiger charge is -2.14. The zero-order chi connectivity index (χ0) is 15.4. The summed E-state index contributed by atoms with van der Waals surface area (Å²) in [5.41, 5.74) is 2.20. The van der Waals surface area contributed by atoms with Gasteiger partial charge in [-0.2, -0.15) is 5.10 Å². The average Bonchev–Trinajstić information content (AvgIpc) is 3.10. The Bertz CT molecular complexity index is 739. The van der Waals surface area contributed by atoms with Crippen LogP contribution in [0.3, 0.4) is 0 Å². The Morgan fingerprint density at radius 2 is 2.00 bits per heavy atom. The molecule has 0 saturated carbocycles. The van der Waals surface area contributed by atoms with E-state index in [4.69, 9.17) is 0 Å². The number of aromatic nitrogens is 5. The number of hydrogen-bond acceptors (Lipinski definition) is 5. The molecule has 2 aromatic heterocycles. The summed E-state index contributed by atoms with van der Waals surface area (Å²) in [6, 6.07) is 7.60. The van der Waals surface area contributed by atoms with Crippen molar-refractivity contribution in [2.45, 2.75) is 13.0 Å². The molecule has 3 rings (SSSR count). The Kier molecular flexibility index (Phi) is 3.86. The molecule has 0 bridgehead atoms. The van der Waals surface area contributed by atoms with Crippen LogP contribution in [0.5, 0.6) is 0 Å². The minimum absolute atomic E-state index is 0.140. The number of benzene rings is 1. The van der Waals surface area contributed by atoms with Crippen LogP contribution in [-0.2, 0) is 0 Å². The Hall–Kier alpha value is -3.09. The van der Waals surface area contributed by atoms with E-state index in [1.165, 1.54) is 24.9 Å². The van der Waals surface area contributed by atoms with Gasteiger partial charge in [-0.3, -0.25) is 9.78 Å². The fraction of sp³-hybridized carbons (Fsp3) is 0.133. The summed E-state index contributed by atoms with van der Waals surface area (Å²) >= 11 is 0. The Balaban J connectivity index is 1.70. The van der Waals surface area contributed by atoms with Gasteiger partial charge in [0.15, 0.2) is 0 Å². The summed E-state index contributed by atoms with van der Waals surface area (Å²) in [7, 11) is 0. The number of amides is 1. The van der Waals surface area contributed by atoms with Gasteiger partial charge in [-0.05, 0) is 24.6 Å². The van der Waals surface area contributed by atoms with Crippen LogP contribution in [0.2, 0.25) is 0 Å². The lowest BCUT2D eigenvalue weighted by atomic mass is 10.1. The molecule has 110 valence electrons. The summed E-state index contributed by atoms with van der Waals surface area (Å²) in [5, 5.41) is 6.96. The van der Waals surface area contributed by atoms with Gasteiger partial charge in [-0.1, -0.05) is 12.1 Å². The fourth-order valence-electron chi connectivity index (χ4n) is 2.03. The van der Waals surface area contributed by atoms with Crippen molar-refractivity contribution in [1.82, 2.24) is 30.0 Å². The van der Waals surface area contributed by atoms with Crippen molar-refractivity contribution in [2.75, 3.05) is 0 Å². The molecule has 7 nitrogen and oxygen atoms in total. The molecular formula is C15H14N6O. The summed E-state index contributed by atoms with van der Waals surface area (Å²) in [5.74, 6) is -0.249. The largest absolute Gasteiger partial charge is 0.344 e. The van der Waals surface area contributed by atoms with Crippen LogP contribution in [0.4, 0.5) is 0 Å². The van der Waals surface area contributed by atoms with Crippen molar-refractivity contribution in [3.8, 4) is 5.69 Å². The Labute approximate surface area is 127 Å². The molecule has 0 aliphatic heterocycles. The molecular weight excluding hydrogens is 280 g/mol. The molecule has 1 aromatic carbocycles. The third kappa shape index (κ3) is 2.98. The van der Waals surface area contributed by atoms with Crippen LogP contribution in [0.25, 0.3) is 5.69 Å². The second-order valence-corrected chi connectivity index (χ2v) is 4.72. The lowest BCUT2D eigenvalue weighted by Crippen LogP contribution is -2.27. The van der Waals surface area contributed by atoms with Crippen molar-refractivity contribution >= 4 is 5.91 Å². The SMILES string of the molecule is C[C@H](NC(=O)c1cnccn1)c1ccc(-n2cncn2)cc1. The lowest BCUT2D eigenvalue weighted by molar-refractivity contribution is 0.0934. The number of nitrogens with zero attached hydrogens (tertiary/aromatic N) is 5. The van der Waals surface area contributed by atoms with E-state index in [2.05, 4.69) is 25.4 Å². The normalized spacial score (nSPS) is 11.9. The zero-order valence-electron chi connectivity index (χ0n) is 11.9.